The fourth-order valence-electron chi connectivity index (χ4n) is 2.08. The van der Waals surface area contributed by atoms with E-state index in [1.807, 2.05) is 7.05 Å². The van der Waals surface area contributed by atoms with Crippen molar-refractivity contribution in [2.75, 3.05) is 7.05 Å². The Labute approximate surface area is 102 Å². The standard InChI is InChI=1S/C14H21F2N/c1-14(2,3)13(17-4)6-5-10-7-11(15)9-12(16)8-10/h7-9,13,17H,5-6H2,1-4H3. The van der Waals surface area contributed by atoms with Crippen LogP contribution in [0.4, 0.5) is 8.78 Å². The number of hydrogen-bond acceptors (Lipinski definition) is 1. The van der Waals surface area contributed by atoms with E-state index in [2.05, 4.69) is 26.1 Å². The summed E-state index contributed by atoms with van der Waals surface area (Å²) in [6.07, 6.45) is 1.54. The first-order valence-electron chi connectivity index (χ1n) is 5.95. The molecule has 0 bridgehead atoms. The minimum Gasteiger partial charge on any atom is -0.316 e. The number of halogens is 2. The van der Waals surface area contributed by atoms with Crippen molar-refractivity contribution in [1.29, 1.82) is 0 Å². The number of aryl methyl sites for hydroxylation is 1. The summed E-state index contributed by atoms with van der Waals surface area (Å²) in [5.41, 5.74) is 0.854. The molecule has 3 heteroatoms. The van der Waals surface area contributed by atoms with Gasteiger partial charge in [0, 0.05) is 12.1 Å². The van der Waals surface area contributed by atoms with Crippen molar-refractivity contribution < 1.29 is 8.78 Å². The van der Waals surface area contributed by atoms with Gasteiger partial charge in [0.2, 0.25) is 0 Å². The fraction of sp³-hybridized carbons (Fsp3) is 0.571. The number of rotatable bonds is 4. The molecule has 1 rings (SSSR count). The SMILES string of the molecule is CNC(CCc1cc(F)cc(F)c1)C(C)(C)C. The molecule has 0 aliphatic heterocycles. The maximum absolute atomic E-state index is 13.0. The molecule has 0 spiro atoms. The summed E-state index contributed by atoms with van der Waals surface area (Å²) in [6.45, 7) is 6.46. The van der Waals surface area contributed by atoms with Crippen LogP contribution < -0.4 is 5.32 Å². The van der Waals surface area contributed by atoms with E-state index in [1.165, 1.54) is 12.1 Å². The van der Waals surface area contributed by atoms with E-state index in [4.69, 9.17) is 0 Å². The number of hydrogen-bond donors (Lipinski definition) is 1. The van der Waals surface area contributed by atoms with E-state index in [-0.39, 0.29) is 5.41 Å². The molecule has 1 atom stereocenters. The molecule has 1 N–H and O–H groups in total. The van der Waals surface area contributed by atoms with E-state index >= 15 is 0 Å². The van der Waals surface area contributed by atoms with Crippen molar-refractivity contribution in [1.82, 2.24) is 5.32 Å². The largest absolute Gasteiger partial charge is 0.316 e. The molecule has 0 saturated carbocycles. The van der Waals surface area contributed by atoms with Crippen LogP contribution in [0.3, 0.4) is 0 Å². The van der Waals surface area contributed by atoms with Gasteiger partial charge in [-0.1, -0.05) is 20.8 Å². The second-order valence-electron chi connectivity index (χ2n) is 5.52. The Morgan fingerprint density at radius 2 is 1.65 bits per heavy atom. The van der Waals surface area contributed by atoms with Crippen LogP contribution in [0.2, 0.25) is 0 Å². The summed E-state index contributed by atoms with van der Waals surface area (Å²) in [6, 6.07) is 4.04. The molecule has 96 valence electrons. The Morgan fingerprint density at radius 1 is 1.12 bits per heavy atom. The molecule has 0 aliphatic carbocycles. The average molecular weight is 241 g/mol. The van der Waals surface area contributed by atoms with Crippen molar-refractivity contribution in [3.8, 4) is 0 Å². The lowest BCUT2D eigenvalue weighted by molar-refractivity contribution is 0.268. The summed E-state index contributed by atoms with van der Waals surface area (Å²) in [4.78, 5) is 0. The van der Waals surface area contributed by atoms with Crippen LogP contribution in [-0.4, -0.2) is 13.1 Å². The van der Waals surface area contributed by atoms with E-state index in [1.54, 1.807) is 0 Å². The van der Waals surface area contributed by atoms with Gasteiger partial charge in [-0.2, -0.15) is 0 Å². The van der Waals surface area contributed by atoms with Gasteiger partial charge >= 0.3 is 0 Å². The summed E-state index contributed by atoms with van der Waals surface area (Å²) < 4.78 is 26.0. The first kappa shape index (κ1) is 14.1. The topological polar surface area (TPSA) is 12.0 Å². The van der Waals surface area contributed by atoms with Crippen molar-refractivity contribution in [2.24, 2.45) is 5.41 Å². The molecule has 0 heterocycles. The second kappa shape index (κ2) is 5.58. The first-order valence-corrected chi connectivity index (χ1v) is 5.95. The van der Waals surface area contributed by atoms with E-state index < -0.39 is 11.6 Å². The minimum absolute atomic E-state index is 0.140. The Balaban J connectivity index is 2.66. The Bertz CT molecular complexity index is 349. The minimum atomic E-state index is -0.503. The van der Waals surface area contributed by atoms with Crippen LogP contribution in [0, 0.1) is 17.0 Å². The Morgan fingerprint density at radius 3 is 2.06 bits per heavy atom. The van der Waals surface area contributed by atoms with Crippen LogP contribution in [0.1, 0.15) is 32.8 Å². The van der Waals surface area contributed by atoms with Gasteiger partial charge in [0.05, 0.1) is 0 Å². The van der Waals surface area contributed by atoms with E-state index in [9.17, 15) is 8.78 Å². The smallest absolute Gasteiger partial charge is 0.126 e. The summed E-state index contributed by atoms with van der Waals surface area (Å²) in [7, 11) is 1.92. The highest BCUT2D eigenvalue weighted by Crippen LogP contribution is 2.23. The predicted molar refractivity (Wildman–Crippen MR) is 67.0 cm³/mol. The zero-order valence-electron chi connectivity index (χ0n) is 11.0. The molecule has 0 amide bonds. The summed E-state index contributed by atoms with van der Waals surface area (Å²) >= 11 is 0. The lowest BCUT2D eigenvalue weighted by Gasteiger charge is -2.30. The van der Waals surface area contributed by atoms with Gasteiger partial charge in [-0.15, -0.1) is 0 Å². The monoisotopic (exact) mass is 241 g/mol. The summed E-state index contributed by atoms with van der Waals surface area (Å²) in [5, 5.41) is 3.25. The molecule has 1 nitrogen and oxygen atoms in total. The van der Waals surface area contributed by atoms with Gasteiger partial charge in [-0.25, -0.2) is 8.78 Å². The third kappa shape index (κ3) is 4.43. The van der Waals surface area contributed by atoms with Gasteiger partial charge in [0.25, 0.3) is 0 Å². The molecule has 0 fully saturated rings. The third-order valence-corrected chi connectivity index (χ3v) is 3.04. The maximum atomic E-state index is 13.0. The van der Waals surface area contributed by atoms with Gasteiger partial charge in [0.15, 0.2) is 0 Å². The Kier molecular flexibility index (Phi) is 4.63. The predicted octanol–water partition coefficient (Wildman–Crippen LogP) is 3.53. The van der Waals surface area contributed by atoms with Crippen molar-refractivity contribution in [2.45, 2.75) is 39.7 Å². The van der Waals surface area contributed by atoms with Gasteiger partial charge in [-0.05, 0) is 43.0 Å². The van der Waals surface area contributed by atoms with Crippen LogP contribution in [0.5, 0.6) is 0 Å². The molecule has 0 aliphatic rings. The quantitative estimate of drug-likeness (QED) is 0.850. The van der Waals surface area contributed by atoms with Crippen molar-refractivity contribution in [3.05, 3.63) is 35.4 Å². The van der Waals surface area contributed by atoms with Crippen molar-refractivity contribution in [3.63, 3.8) is 0 Å². The lowest BCUT2D eigenvalue weighted by Crippen LogP contribution is -2.38. The maximum Gasteiger partial charge on any atom is 0.126 e. The molecule has 0 aromatic heterocycles. The fourth-order valence-corrected chi connectivity index (χ4v) is 2.08. The molecule has 0 saturated heterocycles. The van der Waals surface area contributed by atoms with Crippen LogP contribution in [-0.2, 0) is 6.42 Å². The zero-order valence-corrected chi connectivity index (χ0v) is 11.0. The number of benzene rings is 1. The van der Waals surface area contributed by atoms with Crippen LogP contribution in [0.15, 0.2) is 18.2 Å². The highest BCUT2D eigenvalue weighted by molar-refractivity contribution is 5.18. The van der Waals surface area contributed by atoms with E-state index in [0.29, 0.717) is 18.0 Å². The lowest BCUT2D eigenvalue weighted by atomic mass is 9.83. The summed E-state index contributed by atoms with van der Waals surface area (Å²) in [5.74, 6) is -1.01. The molecule has 0 radical (unpaired) electrons. The van der Waals surface area contributed by atoms with Crippen LogP contribution >= 0.6 is 0 Å². The van der Waals surface area contributed by atoms with Gasteiger partial charge in [0.1, 0.15) is 11.6 Å². The van der Waals surface area contributed by atoms with Crippen molar-refractivity contribution >= 4 is 0 Å². The van der Waals surface area contributed by atoms with Crippen LogP contribution in [0.25, 0.3) is 0 Å². The molecule has 17 heavy (non-hydrogen) atoms. The zero-order chi connectivity index (χ0) is 13.1. The molecular weight excluding hydrogens is 220 g/mol. The highest BCUT2D eigenvalue weighted by atomic mass is 19.1. The van der Waals surface area contributed by atoms with E-state index in [0.717, 1.165) is 12.5 Å². The Hall–Kier alpha value is -0.960. The normalized spacial score (nSPS) is 13.8. The third-order valence-electron chi connectivity index (χ3n) is 3.04. The van der Waals surface area contributed by atoms with Gasteiger partial charge in [-0.3, -0.25) is 0 Å². The number of nitrogens with one attached hydrogen (secondary N) is 1. The first-order chi connectivity index (χ1) is 7.82. The average Bonchev–Trinajstić information content (AvgIpc) is 2.14. The molecule has 1 aromatic rings. The molecule has 1 unspecified atom stereocenters. The highest BCUT2D eigenvalue weighted by Gasteiger charge is 2.22. The van der Waals surface area contributed by atoms with Gasteiger partial charge < -0.3 is 5.32 Å². The molecule has 1 aromatic carbocycles. The second-order valence-corrected chi connectivity index (χ2v) is 5.52. The molecular formula is C14H21F2N.